The van der Waals surface area contributed by atoms with Crippen molar-refractivity contribution >= 4 is 23.2 Å². The van der Waals surface area contributed by atoms with Gasteiger partial charge in [-0.1, -0.05) is 26.2 Å². The van der Waals surface area contributed by atoms with Crippen LogP contribution in [-0.2, 0) is 11.3 Å². The Morgan fingerprint density at radius 1 is 1.33 bits per heavy atom. The number of ether oxygens (including phenoxy) is 1. The zero-order chi connectivity index (χ0) is 19.8. The maximum absolute atomic E-state index is 13.3. The number of halogens is 1. The van der Waals surface area contributed by atoms with E-state index < -0.39 is 22.4 Å². The van der Waals surface area contributed by atoms with Crippen molar-refractivity contribution < 1.29 is 18.8 Å². The molecule has 8 nitrogen and oxygen atoms in total. The first-order valence-corrected chi connectivity index (χ1v) is 8.91. The summed E-state index contributed by atoms with van der Waals surface area (Å²) >= 11 is 0. The molecule has 0 aliphatic carbocycles. The zero-order valence-corrected chi connectivity index (χ0v) is 15.4. The first-order chi connectivity index (χ1) is 13.0. The maximum Gasteiger partial charge on any atom is 0.343 e. The summed E-state index contributed by atoms with van der Waals surface area (Å²) in [6.07, 6.45) is 5.71. The number of aromatic nitrogens is 2. The van der Waals surface area contributed by atoms with Gasteiger partial charge in [0.05, 0.1) is 17.6 Å². The van der Waals surface area contributed by atoms with Crippen LogP contribution in [0.3, 0.4) is 0 Å². The lowest BCUT2D eigenvalue weighted by molar-refractivity contribution is -0.384. The number of rotatable bonds is 10. The number of nitrogens with zero attached hydrogens (tertiary/aromatic N) is 3. The Hall–Kier alpha value is -2.97. The molecule has 0 aliphatic heterocycles. The number of unbranched alkanes of at least 4 members (excludes halogenated alkanes) is 3. The Bertz CT molecular complexity index is 807. The monoisotopic (exact) mass is 378 g/mol. The molecule has 27 heavy (non-hydrogen) atoms. The number of aryl methyl sites for hydroxylation is 1. The van der Waals surface area contributed by atoms with Gasteiger partial charge in [0, 0.05) is 12.7 Å². The first kappa shape index (κ1) is 20.3. The molecule has 146 valence electrons. The lowest BCUT2D eigenvalue weighted by Gasteiger charge is -2.06. The molecule has 0 saturated heterocycles. The minimum Gasteiger partial charge on any atom is -0.462 e. The fraction of sp³-hybridized carbons (Fsp3) is 0.444. The van der Waals surface area contributed by atoms with Crippen LogP contribution in [0.25, 0.3) is 0 Å². The number of benzene rings is 1. The number of anilines is 2. The van der Waals surface area contributed by atoms with Crippen molar-refractivity contribution in [2.24, 2.45) is 0 Å². The summed E-state index contributed by atoms with van der Waals surface area (Å²) < 4.78 is 20.0. The molecule has 0 amide bonds. The van der Waals surface area contributed by atoms with E-state index in [0.29, 0.717) is 6.54 Å². The molecule has 1 heterocycles. The van der Waals surface area contributed by atoms with Crippen LogP contribution in [0, 0.1) is 15.9 Å². The molecule has 0 bridgehead atoms. The van der Waals surface area contributed by atoms with Gasteiger partial charge in [-0.05, 0) is 25.5 Å². The smallest absolute Gasteiger partial charge is 0.343 e. The SMILES string of the molecule is CCCCCCn1cc(C(=O)OCC)c(Nc2ccc(F)cc2[N+](=O)[O-])n1. The van der Waals surface area contributed by atoms with Gasteiger partial charge in [-0.15, -0.1) is 0 Å². The highest BCUT2D eigenvalue weighted by Crippen LogP contribution is 2.29. The van der Waals surface area contributed by atoms with E-state index in [9.17, 15) is 19.3 Å². The topological polar surface area (TPSA) is 99.3 Å². The number of carbonyl (C=O) groups excluding carboxylic acids is 1. The van der Waals surface area contributed by atoms with Gasteiger partial charge in [0.1, 0.15) is 17.1 Å². The molecule has 0 saturated carbocycles. The van der Waals surface area contributed by atoms with E-state index in [1.54, 1.807) is 17.8 Å². The van der Waals surface area contributed by atoms with Crippen molar-refractivity contribution in [3.8, 4) is 0 Å². The summed E-state index contributed by atoms with van der Waals surface area (Å²) in [6, 6.07) is 3.15. The van der Waals surface area contributed by atoms with Crippen LogP contribution in [0.1, 0.15) is 49.9 Å². The van der Waals surface area contributed by atoms with Gasteiger partial charge in [-0.2, -0.15) is 5.10 Å². The quantitative estimate of drug-likeness (QED) is 0.284. The number of hydrogen-bond donors (Lipinski definition) is 1. The number of nitrogens with one attached hydrogen (secondary N) is 1. The second-order valence-electron chi connectivity index (χ2n) is 5.98. The molecule has 0 radical (unpaired) electrons. The molecular formula is C18H23FN4O4. The average Bonchev–Trinajstić information content (AvgIpc) is 3.03. The normalized spacial score (nSPS) is 10.6. The van der Waals surface area contributed by atoms with Crippen molar-refractivity contribution in [1.29, 1.82) is 0 Å². The molecule has 0 fully saturated rings. The highest BCUT2D eigenvalue weighted by Gasteiger charge is 2.21. The third-order valence-electron chi connectivity index (χ3n) is 3.91. The molecule has 2 aromatic rings. The number of nitro benzene ring substituents is 1. The molecule has 0 unspecified atom stereocenters. The van der Waals surface area contributed by atoms with Crippen molar-refractivity contribution in [3.05, 3.63) is 45.9 Å². The average molecular weight is 378 g/mol. The van der Waals surface area contributed by atoms with E-state index in [1.807, 2.05) is 0 Å². The standard InChI is InChI=1S/C18H23FN4O4/c1-3-5-6-7-10-22-12-14(18(24)27-4-2)17(21-22)20-15-9-8-13(19)11-16(15)23(25)26/h8-9,11-12H,3-7,10H2,1-2H3,(H,20,21). The minimum absolute atomic E-state index is 0.0446. The minimum atomic E-state index is -0.723. The lowest BCUT2D eigenvalue weighted by atomic mass is 10.2. The Morgan fingerprint density at radius 3 is 2.78 bits per heavy atom. The van der Waals surface area contributed by atoms with Gasteiger partial charge < -0.3 is 10.1 Å². The summed E-state index contributed by atoms with van der Waals surface area (Å²) in [5, 5.41) is 18.3. The second kappa shape index (κ2) is 9.65. The molecule has 1 aromatic carbocycles. The first-order valence-electron chi connectivity index (χ1n) is 8.91. The van der Waals surface area contributed by atoms with Gasteiger partial charge in [0.15, 0.2) is 5.82 Å². The Morgan fingerprint density at radius 2 is 2.11 bits per heavy atom. The zero-order valence-electron chi connectivity index (χ0n) is 15.4. The van der Waals surface area contributed by atoms with E-state index in [2.05, 4.69) is 17.3 Å². The predicted octanol–water partition coefficient (Wildman–Crippen LogP) is 4.43. The van der Waals surface area contributed by atoms with E-state index in [1.165, 1.54) is 6.07 Å². The summed E-state index contributed by atoms with van der Waals surface area (Å²) in [7, 11) is 0. The second-order valence-corrected chi connectivity index (χ2v) is 5.98. The van der Waals surface area contributed by atoms with Gasteiger partial charge >= 0.3 is 5.97 Å². The molecule has 1 N–H and O–H groups in total. The van der Waals surface area contributed by atoms with Gasteiger partial charge in [-0.3, -0.25) is 14.8 Å². The molecular weight excluding hydrogens is 355 g/mol. The fourth-order valence-corrected chi connectivity index (χ4v) is 2.58. The molecule has 0 spiro atoms. The van der Waals surface area contributed by atoms with Gasteiger partial charge in [0.2, 0.25) is 0 Å². The lowest BCUT2D eigenvalue weighted by Crippen LogP contribution is -2.07. The third-order valence-corrected chi connectivity index (χ3v) is 3.91. The van der Waals surface area contributed by atoms with E-state index >= 15 is 0 Å². The third kappa shape index (κ3) is 5.50. The summed E-state index contributed by atoms with van der Waals surface area (Å²) in [5.74, 6) is -1.16. The molecule has 9 heteroatoms. The predicted molar refractivity (Wildman–Crippen MR) is 98.7 cm³/mol. The van der Waals surface area contributed by atoms with Crippen LogP contribution in [0.15, 0.2) is 24.4 Å². The largest absolute Gasteiger partial charge is 0.462 e. The summed E-state index contributed by atoms with van der Waals surface area (Å²) in [6.45, 7) is 4.60. The molecule has 0 atom stereocenters. The summed E-state index contributed by atoms with van der Waals surface area (Å²) in [4.78, 5) is 22.7. The Labute approximate surface area is 156 Å². The van der Waals surface area contributed by atoms with Crippen LogP contribution in [-0.4, -0.2) is 27.3 Å². The van der Waals surface area contributed by atoms with Gasteiger partial charge in [0.25, 0.3) is 5.69 Å². The Kier molecular flexibility index (Phi) is 7.27. The van der Waals surface area contributed by atoms with Crippen LogP contribution >= 0.6 is 0 Å². The van der Waals surface area contributed by atoms with Crippen molar-refractivity contribution in [2.75, 3.05) is 11.9 Å². The Balaban J connectivity index is 2.29. The van der Waals surface area contributed by atoms with E-state index in [4.69, 9.17) is 4.74 Å². The summed E-state index contributed by atoms with van der Waals surface area (Å²) in [5.41, 5.74) is -0.226. The number of hydrogen-bond acceptors (Lipinski definition) is 6. The van der Waals surface area contributed by atoms with E-state index in [-0.39, 0.29) is 23.7 Å². The van der Waals surface area contributed by atoms with Crippen molar-refractivity contribution in [3.63, 3.8) is 0 Å². The highest BCUT2D eigenvalue weighted by molar-refractivity contribution is 5.95. The fourth-order valence-electron chi connectivity index (χ4n) is 2.58. The van der Waals surface area contributed by atoms with Gasteiger partial charge in [-0.25, -0.2) is 9.18 Å². The van der Waals surface area contributed by atoms with Crippen LogP contribution in [0.2, 0.25) is 0 Å². The molecule has 1 aromatic heterocycles. The number of nitro groups is 1. The highest BCUT2D eigenvalue weighted by atomic mass is 19.1. The van der Waals surface area contributed by atoms with E-state index in [0.717, 1.165) is 37.8 Å². The molecule has 2 rings (SSSR count). The maximum atomic E-state index is 13.3. The van der Waals surface area contributed by atoms with Crippen LogP contribution < -0.4 is 5.32 Å². The van der Waals surface area contributed by atoms with Crippen molar-refractivity contribution in [1.82, 2.24) is 9.78 Å². The van der Waals surface area contributed by atoms with Crippen molar-refractivity contribution in [2.45, 2.75) is 46.1 Å². The van der Waals surface area contributed by atoms with Crippen LogP contribution in [0.5, 0.6) is 0 Å². The number of carbonyl (C=O) groups is 1. The van der Waals surface area contributed by atoms with Crippen LogP contribution in [0.4, 0.5) is 21.6 Å². The number of esters is 1. The molecule has 0 aliphatic rings.